The number of nitrogens with zero attached hydrogens (tertiary/aromatic N) is 3. The van der Waals surface area contributed by atoms with E-state index in [0.717, 1.165) is 17.5 Å². The van der Waals surface area contributed by atoms with Crippen molar-refractivity contribution in [2.45, 2.75) is 25.8 Å². The molecule has 1 saturated carbocycles. The van der Waals surface area contributed by atoms with Crippen molar-refractivity contribution in [1.82, 2.24) is 20.4 Å². The molecule has 2 aromatic heterocycles. The predicted octanol–water partition coefficient (Wildman–Crippen LogP) is 0.937. The lowest BCUT2D eigenvalue weighted by molar-refractivity contribution is 0.509. The second-order valence-electron chi connectivity index (χ2n) is 4.92. The Morgan fingerprint density at radius 1 is 1.40 bits per heavy atom. The van der Waals surface area contributed by atoms with E-state index in [2.05, 4.69) is 34.2 Å². The minimum absolute atomic E-state index is 0.159. The average Bonchev–Trinajstić information content (AvgIpc) is 2.61. The van der Waals surface area contributed by atoms with Gasteiger partial charge in [-0.05, 0) is 23.5 Å². The molecule has 5 heteroatoms. The fraction of sp³-hybridized carbons (Fsp3) is 0.500. The highest BCUT2D eigenvalue weighted by molar-refractivity contribution is 5.69. The second kappa shape index (κ2) is 2.36. The average molecular weight is 203 g/mol. The van der Waals surface area contributed by atoms with E-state index in [-0.39, 0.29) is 11.0 Å². The van der Waals surface area contributed by atoms with Crippen LogP contribution >= 0.6 is 0 Å². The van der Waals surface area contributed by atoms with Gasteiger partial charge in [0, 0.05) is 11.7 Å². The highest BCUT2D eigenvalue weighted by Gasteiger charge is 2.59. The molecule has 0 radical (unpaired) electrons. The lowest BCUT2D eigenvalue weighted by Crippen LogP contribution is -2.25. The first-order chi connectivity index (χ1) is 7.03. The number of aromatic nitrogens is 4. The van der Waals surface area contributed by atoms with Crippen LogP contribution in [0.2, 0.25) is 0 Å². The van der Waals surface area contributed by atoms with E-state index in [4.69, 9.17) is 5.73 Å². The van der Waals surface area contributed by atoms with Gasteiger partial charge >= 0.3 is 0 Å². The molecule has 2 heterocycles. The normalized spacial score (nSPS) is 28.2. The summed E-state index contributed by atoms with van der Waals surface area (Å²) >= 11 is 0. The first-order valence-electron chi connectivity index (χ1n) is 4.99. The standard InChI is InChI=1S/C10H13N5/c1-9(2)5-10(9,11)6-3-7-8(12-4-6)14-15-13-7/h3-4H,5,11H2,1-2H3,(H,12,13,14,15). The number of aromatic amines is 1. The Labute approximate surface area is 87.1 Å². The number of nitrogens with two attached hydrogens (primary N) is 1. The van der Waals surface area contributed by atoms with Crippen molar-refractivity contribution >= 4 is 11.2 Å². The molecule has 0 aromatic carbocycles. The summed E-state index contributed by atoms with van der Waals surface area (Å²) in [5, 5.41) is 10.5. The maximum Gasteiger partial charge on any atom is 0.201 e. The van der Waals surface area contributed by atoms with Crippen LogP contribution in [-0.2, 0) is 5.54 Å². The number of rotatable bonds is 1. The summed E-state index contributed by atoms with van der Waals surface area (Å²) in [6.45, 7) is 4.33. The molecular weight excluding hydrogens is 190 g/mol. The third kappa shape index (κ3) is 1.04. The first-order valence-corrected chi connectivity index (χ1v) is 4.99. The van der Waals surface area contributed by atoms with E-state index in [9.17, 15) is 0 Å². The van der Waals surface area contributed by atoms with Crippen LogP contribution in [0.1, 0.15) is 25.8 Å². The van der Waals surface area contributed by atoms with Crippen molar-refractivity contribution in [3.05, 3.63) is 17.8 Å². The van der Waals surface area contributed by atoms with Gasteiger partial charge in [0.15, 0.2) is 0 Å². The Balaban J connectivity index is 2.13. The van der Waals surface area contributed by atoms with E-state index in [1.165, 1.54) is 0 Å². The number of hydrogen-bond donors (Lipinski definition) is 2. The van der Waals surface area contributed by atoms with Crippen molar-refractivity contribution in [2.75, 3.05) is 0 Å². The molecular formula is C10H13N5. The zero-order chi connectivity index (χ0) is 10.7. The maximum absolute atomic E-state index is 6.31. The summed E-state index contributed by atoms with van der Waals surface area (Å²) in [5.74, 6) is 0. The number of fused-ring (bicyclic) bond motifs is 1. The van der Waals surface area contributed by atoms with Crippen LogP contribution in [0.5, 0.6) is 0 Å². The minimum Gasteiger partial charge on any atom is -0.321 e. The van der Waals surface area contributed by atoms with Gasteiger partial charge in [-0.15, -0.1) is 5.10 Å². The van der Waals surface area contributed by atoms with Crippen LogP contribution in [0.4, 0.5) is 0 Å². The van der Waals surface area contributed by atoms with Crippen molar-refractivity contribution in [3.8, 4) is 0 Å². The fourth-order valence-electron chi connectivity index (χ4n) is 2.13. The second-order valence-corrected chi connectivity index (χ2v) is 4.92. The van der Waals surface area contributed by atoms with Gasteiger partial charge < -0.3 is 5.73 Å². The molecule has 1 aliphatic carbocycles. The van der Waals surface area contributed by atoms with Crippen LogP contribution in [0.15, 0.2) is 12.3 Å². The Morgan fingerprint density at radius 2 is 2.13 bits per heavy atom. The van der Waals surface area contributed by atoms with Gasteiger partial charge in [-0.3, -0.25) is 0 Å². The van der Waals surface area contributed by atoms with Crippen LogP contribution in [0.25, 0.3) is 11.2 Å². The Hall–Kier alpha value is -1.49. The topological polar surface area (TPSA) is 80.5 Å². The molecule has 1 atom stereocenters. The van der Waals surface area contributed by atoms with Gasteiger partial charge in [-0.1, -0.05) is 13.8 Å². The van der Waals surface area contributed by atoms with Gasteiger partial charge in [-0.25, -0.2) is 4.98 Å². The first kappa shape index (κ1) is 8.79. The minimum atomic E-state index is -0.243. The molecule has 3 N–H and O–H groups in total. The zero-order valence-electron chi connectivity index (χ0n) is 8.78. The van der Waals surface area contributed by atoms with Crippen molar-refractivity contribution < 1.29 is 0 Å². The SMILES string of the molecule is CC1(C)CC1(N)c1cnc2n[nH]nc2c1. The summed E-state index contributed by atoms with van der Waals surface area (Å²) in [6, 6.07) is 1.97. The molecule has 3 rings (SSSR count). The van der Waals surface area contributed by atoms with E-state index in [1.807, 2.05) is 6.07 Å². The molecule has 1 fully saturated rings. The maximum atomic E-state index is 6.31. The molecule has 0 amide bonds. The summed E-state index contributed by atoms with van der Waals surface area (Å²) in [5.41, 5.74) is 8.69. The van der Waals surface area contributed by atoms with E-state index < -0.39 is 0 Å². The van der Waals surface area contributed by atoms with Crippen molar-refractivity contribution in [2.24, 2.45) is 11.1 Å². The zero-order valence-corrected chi connectivity index (χ0v) is 8.78. The number of pyridine rings is 1. The number of nitrogens with one attached hydrogen (secondary N) is 1. The smallest absolute Gasteiger partial charge is 0.201 e. The van der Waals surface area contributed by atoms with Crippen LogP contribution in [-0.4, -0.2) is 20.4 Å². The third-order valence-electron chi connectivity index (χ3n) is 3.49. The summed E-state index contributed by atoms with van der Waals surface area (Å²) in [4.78, 5) is 4.23. The Morgan fingerprint density at radius 3 is 2.80 bits per heavy atom. The van der Waals surface area contributed by atoms with Gasteiger partial charge in [0.1, 0.15) is 5.52 Å². The van der Waals surface area contributed by atoms with Gasteiger partial charge in [-0.2, -0.15) is 10.3 Å². The third-order valence-corrected chi connectivity index (χ3v) is 3.49. The number of hydrogen-bond acceptors (Lipinski definition) is 4. The summed E-state index contributed by atoms with van der Waals surface area (Å²) in [7, 11) is 0. The van der Waals surface area contributed by atoms with Crippen LogP contribution in [0, 0.1) is 5.41 Å². The monoisotopic (exact) mass is 203 g/mol. The lowest BCUT2D eigenvalue weighted by atomic mass is 9.98. The predicted molar refractivity (Wildman–Crippen MR) is 55.9 cm³/mol. The molecule has 0 aliphatic heterocycles. The van der Waals surface area contributed by atoms with Crippen molar-refractivity contribution in [1.29, 1.82) is 0 Å². The largest absolute Gasteiger partial charge is 0.321 e. The molecule has 15 heavy (non-hydrogen) atoms. The lowest BCUT2D eigenvalue weighted by Gasteiger charge is -2.14. The Kier molecular flexibility index (Phi) is 1.38. The van der Waals surface area contributed by atoms with E-state index in [1.54, 1.807) is 6.20 Å². The highest BCUT2D eigenvalue weighted by Crippen LogP contribution is 2.60. The van der Waals surface area contributed by atoms with Gasteiger partial charge in [0.05, 0.1) is 0 Å². The van der Waals surface area contributed by atoms with Gasteiger partial charge in [0.2, 0.25) is 5.65 Å². The molecule has 0 spiro atoms. The fourth-order valence-corrected chi connectivity index (χ4v) is 2.13. The summed E-state index contributed by atoms with van der Waals surface area (Å²) in [6.07, 6.45) is 2.80. The van der Waals surface area contributed by atoms with Gasteiger partial charge in [0.25, 0.3) is 0 Å². The molecule has 0 bridgehead atoms. The molecule has 1 unspecified atom stereocenters. The molecule has 78 valence electrons. The highest BCUT2D eigenvalue weighted by atomic mass is 15.3. The molecule has 5 nitrogen and oxygen atoms in total. The van der Waals surface area contributed by atoms with Crippen LogP contribution < -0.4 is 5.73 Å². The molecule has 0 saturated heterocycles. The van der Waals surface area contributed by atoms with E-state index >= 15 is 0 Å². The van der Waals surface area contributed by atoms with E-state index in [0.29, 0.717) is 5.65 Å². The quantitative estimate of drug-likeness (QED) is 0.722. The van der Waals surface area contributed by atoms with Crippen LogP contribution in [0.3, 0.4) is 0 Å². The Bertz CT molecular complexity index is 529. The summed E-state index contributed by atoms with van der Waals surface area (Å²) < 4.78 is 0. The van der Waals surface area contributed by atoms with Crippen molar-refractivity contribution in [3.63, 3.8) is 0 Å². The molecule has 2 aromatic rings. The number of H-pyrrole nitrogens is 1. The molecule has 1 aliphatic rings.